The fourth-order valence-corrected chi connectivity index (χ4v) is 3.44. The number of carboxylic acids is 1. The summed E-state index contributed by atoms with van der Waals surface area (Å²) in [5.41, 5.74) is -0.656. The van der Waals surface area contributed by atoms with E-state index in [1.807, 2.05) is 0 Å². The summed E-state index contributed by atoms with van der Waals surface area (Å²) in [6.07, 6.45) is 1.17. The third kappa shape index (κ3) is 7.11. The van der Waals surface area contributed by atoms with E-state index in [2.05, 4.69) is 9.97 Å². The first-order valence-electron chi connectivity index (χ1n) is 10.4. The zero-order valence-corrected chi connectivity index (χ0v) is 17.0. The highest BCUT2D eigenvalue weighted by Gasteiger charge is 2.34. The molecule has 1 saturated carbocycles. The average Bonchev–Trinajstić information content (AvgIpc) is 2.75. The van der Waals surface area contributed by atoms with E-state index >= 15 is 0 Å². The zero-order chi connectivity index (χ0) is 22.3. The van der Waals surface area contributed by atoms with Crippen LogP contribution in [0.5, 0.6) is 11.6 Å². The van der Waals surface area contributed by atoms with Crippen molar-refractivity contribution in [1.82, 2.24) is 9.97 Å². The van der Waals surface area contributed by atoms with Crippen molar-refractivity contribution in [3.8, 4) is 23.0 Å². The van der Waals surface area contributed by atoms with Crippen molar-refractivity contribution in [3.05, 3.63) is 36.0 Å². The second kappa shape index (κ2) is 10.5. The van der Waals surface area contributed by atoms with Crippen LogP contribution in [0, 0.1) is 5.92 Å². The van der Waals surface area contributed by atoms with Crippen LogP contribution >= 0.6 is 0 Å². The number of aromatic nitrogens is 2. The smallest absolute Gasteiger partial charge is 0.433 e. The Labute approximate surface area is 178 Å². The molecular formula is C22H25F3N2O4. The Kier molecular flexibility index (Phi) is 7.70. The monoisotopic (exact) mass is 438 g/mol. The lowest BCUT2D eigenvalue weighted by atomic mass is 9.90. The van der Waals surface area contributed by atoms with Crippen LogP contribution in [-0.2, 0) is 11.0 Å². The van der Waals surface area contributed by atoms with E-state index in [4.69, 9.17) is 14.6 Å². The Morgan fingerprint density at radius 2 is 1.77 bits per heavy atom. The molecule has 1 fully saturated rings. The largest absolute Gasteiger partial charge is 0.494 e. The molecule has 1 N–H and O–H groups in total. The Balaban J connectivity index is 1.72. The van der Waals surface area contributed by atoms with Crippen LogP contribution in [-0.4, -0.2) is 34.3 Å². The molecule has 0 radical (unpaired) electrons. The van der Waals surface area contributed by atoms with Gasteiger partial charge in [0, 0.05) is 18.1 Å². The highest BCUT2D eigenvalue weighted by Crippen LogP contribution is 2.32. The van der Waals surface area contributed by atoms with Gasteiger partial charge in [0.25, 0.3) is 0 Å². The fourth-order valence-electron chi connectivity index (χ4n) is 3.44. The predicted molar refractivity (Wildman–Crippen MR) is 107 cm³/mol. The van der Waals surface area contributed by atoms with Crippen molar-refractivity contribution in [3.63, 3.8) is 0 Å². The van der Waals surface area contributed by atoms with Crippen LogP contribution in [0.15, 0.2) is 30.3 Å². The number of hydrogen-bond acceptors (Lipinski definition) is 5. The van der Waals surface area contributed by atoms with Gasteiger partial charge in [-0.15, -0.1) is 0 Å². The summed E-state index contributed by atoms with van der Waals surface area (Å²) in [6, 6.07) is 7.14. The maximum atomic E-state index is 13.3. The summed E-state index contributed by atoms with van der Waals surface area (Å²) in [6.45, 7) is 0.571. The molecule has 2 aromatic rings. The molecule has 168 valence electrons. The van der Waals surface area contributed by atoms with E-state index in [1.165, 1.54) is 6.42 Å². The topological polar surface area (TPSA) is 81.5 Å². The number of halogens is 3. The molecule has 0 amide bonds. The first kappa shape index (κ1) is 22.8. The van der Waals surface area contributed by atoms with Crippen LogP contribution in [0.1, 0.15) is 50.6 Å². The van der Waals surface area contributed by atoms with E-state index < -0.39 is 17.8 Å². The predicted octanol–water partition coefficient (Wildman–Crippen LogP) is 5.37. The first-order chi connectivity index (χ1) is 14.8. The minimum Gasteiger partial charge on any atom is -0.494 e. The van der Waals surface area contributed by atoms with Gasteiger partial charge in [0.1, 0.15) is 5.75 Å². The summed E-state index contributed by atoms with van der Waals surface area (Å²) in [5.74, 6) is -0.251. The van der Waals surface area contributed by atoms with E-state index in [0.29, 0.717) is 30.3 Å². The summed E-state index contributed by atoms with van der Waals surface area (Å²) in [7, 11) is 0. The molecule has 0 unspecified atom stereocenters. The number of hydrogen-bond donors (Lipinski definition) is 1. The van der Waals surface area contributed by atoms with Crippen molar-refractivity contribution >= 4 is 5.97 Å². The molecule has 9 heteroatoms. The van der Waals surface area contributed by atoms with Crippen molar-refractivity contribution in [2.75, 3.05) is 13.2 Å². The van der Waals surface area contributed by atoms with E-state index in [9.17, 15) is 18.0 Å². The van der Waals surface area contributed by atoms with Crippen molar-refractivity contribution in [1.29, 1.82) is 0 Å². The van der Waals surface area contributed by atoms with Crippen molar-refractivity contribution in [2.45, 2.75) is 51.1 Å². The lowest BCUT2D eigenvalue weighted by Gasteiger charge is -2.21. The molecule has 1 aromatic carbocycles. The van der Waals surface area contributed by atoms with Gasteiger partial charge >= 0.3 is 12.1 Å². The first-order valence-corrected chi connectivity index (χ1v) is 10.4. The van der Waals surface area contributed by atoms with Gasteiger partial charge in [0.2, 0.25) is 5.88 Å². The SMILES string of the molecule is O=C(O)CCCOc1ccc(-c2nc(OCC3CCCCC3)cc(C(F)(F)F)n2)cc1. The van der Waals surface area contributed by atoms with Gasteiger partial charge in [-0.25, -0.2) is 4.98 Å². The molecule has 0 aliphatic heterocycles. The molecule has 3 rings (SSSR count). The van der Waals surface area contributed by atoms with Gasteiger partial charge in [0.15, 0.2) is 11.5 Å². The Morgan fingerprint density at radius 3 is 2.42 bits per heavy atom. The summed E-state index contributed by atoms with van der Waals surface area (Å²) < 4.78 is 51.1. The standard InChI is InChI=1S/C22H25F3N2O4/c23-22(24,25)18-13-19(31-14-15-5-2-1-3-6-15)27-21(26-18)16-8-10-17(11-9-16)30-12-4-7-20(28)29/h8-11,13,15H,1-7,12,14H2,(H,28,29). The highest BCUT2D eigenvalue weighted by molar-refractivity contribution is 5.66. The lowest BCUT2D eigenvalue weighted by Crippen LogP contribution is -2.17. The van der Waals surface area contributed by atoms with Gasteiger partial charge in [-0.2, -0.15) is 18.2 Å². The number of ether oxygens (including phenoxy) is 2. The normalized spacial score (nSPS) is 14.9. The zero-order valence-electron chi connectivity index (χ0n) is 17.0. The highest BCUT2D eigenvalue weighted by atomic mass is 19.4. The molecule has 1 heterocycles. The molecule has 6 nitrogen and oxygen atoms in total. The number of nitrogens with zero attached hydrogens (tertiary/aromatic N) is 2. The minimum absolute atomic E-state index is 0.000206. The summed E-state index contributed by atoms with van der Waals surface area (Å²) >= 11 is 0. The maximum absolute atomic E-state index is 13.3. The number of benzene rings is 1. The molecular weight excluding hydrogens is 413 g/mol. The van der Waals surface area contributed by atoms with Crippen molar-refractivity contribution in [2.24, 2.45) is 5.92 Å². The second-order valence-electron chi connectivity index (χ2n) is 7.60. The molecule has 0 bridgehead atoms. The maximum Gasteiger partial charge on any atom is 0.433 e. The lowest BCUT2D eigenvalue weighted by molar-refractivity contribution is -0.141. The fraction of sp³-hybridized carbons (Fsp3) is 0.500. The third-order valence-electron chi connectivity index (χ3n) is 5.10. The minimum atomic E-state index is -4.62. The van der Waals surface area contributed by atoms with Crippen LogP contribution in [0.4, 0.5) is 13.2 Å². The molecule has 1 aromatic heterocycles. The van der Waals surface area contributed by atoms with Gasteiger partial charge < -0.3 is 14.6 Å². The van der Waals surface area contributed by atoms with Crippen LogP contribution in [0.2, 0.25) is 0 Å². The number of rotatable bonds is 9. The number of aliphatic carboxylic acids is 1. The van der Waals surface area contributed by atoms with E-state index in [0.717, 1.165) is 31.7 Å². The van der Waals surface area contributed by atoms with Crippen molar-refractivity contribution < 1.29 is 32.5 Å². The third-order valence-corrected chi connectivity index (χ3v) is 5.10. The van der Waals surface area contributed by atoms with E-state index in [-0.39, 0.29) is 24.7 Å². The van der Waals surface area contributed by atoms with Crippen LogP contribution < -0.4 is 9.47 Å². The molecule has 0 saturated heterocycles. The Hall–Kier alpha value is -2.84. The average molecular weight is 438 g/mol. The summed E-state index contributed by atoms with van der Waals surface area (Å²) in [4.78, 5) is 18.4. The van der Waals surface area contributed by atoms with Gasteiger partial charge in [-0.05, 0) is 49.4 Å². The van der Waals surface area contributed by atoms with Gasteiger partial charge in [-0.1, -0.05) is 19.3 Å². The number of carboxylic acid groups (broad SMARTS) is 1. The molecule has 1 aliphatic carbocycles. The van der Waals surface area contributed by atoms with Gasteiger partial charge in [-0.3, -0.25) is 4.79 Å². The molecule has 31 heavy (non-hydrogen) atoms. The Morgan fingerprint density at radius 1 is 1.06 bits per heavy atom. The molecule has 0 atom stereocenters. The number of alkyl halides is 3. The van der Waals surface area contributed by atoms with E-state index in [1.54, 1.807) is 24.3 Å². The quantitative estimate of drug-likeness (QED) is 0.531. The second-order valence-corrected chi connectivity index (χ2v) is 7.60. The molecule has 0 spiro atoms. The number of carbonyl (C=O) groups is 1. The summed E-state index contributed by atoms with van der Waals surface area (Å²) in [5, 5.41) is 8.63. The van der Waals surface area contributed by atoms with Crippen LogP contribution in [0.25, 0.3) is 11.4 Å². The van der Waals surface area contributed by atoms with Gasteiger partial charge in [0.05, 0.1) is 13.2 Å². The van der Waals surface area contributed by atoms with Crippen LogP contribution in [0.3, 0.4) is 0 Å². The Bertz CT molecular complexity index is 866. The molecule has 1 aliphatic rings.